The van der Waals surface area contributed by atoms with Gasteiger partial charge in [0, 0.05) is 36.4 Å². The molecular formula is C26H27N3OS. The Kier molecular flexibility index (Phi) is 5.48. The maximum Gasteiger partial charge on any atom is 0.104 e. The number of nitrogens with one attached hydrogen (secondary N) is 1. The Bertz CT molecular complexity index is 1200. The molecule has 1 fully saturated rings. The Labute approximate surface area is 187 Å². The number of aromatic nitrogens is 1. The molecule has 1 aliphatic heterocycles. The molecule has 0 saturated carbocycles. The van der Waals surface area contributed by atoms with Gasteiger partial charge in [-0.05, 0) is 54.7 Å². The van der Waals surface area contributed by atoms with Gasteiger partial charge in [0.05, 0.1) is 16.5 Å². The van der Waals surface area contributed by atoms with Gasteiger partial charge < -0.3 is 10.4 Å². The number of hydrogen-bond donors (Lipinski definition) is 2. The maximum atomic E-state index is 9.91. The van der Waals surface area contributed by atoms with Crippen molar-refractivity contribution in [2.24, 2.45) is 0 Å². The van der Waals surface area contributed by atoms with E-state index in [1.165, 1.54) is 27.0 Å². The molecule has 0 radical (unpaired) electrons. The van der Waals surface area contributed by atoms with E-state index >= 15 is 0 Å². The maximum absolute atomic E-state index is 9.91. The number of likely N-dealkylation sites (tertiary alicyclic amines) is 1. The first kappa shape index (κ1) is 20.2. The molecule has 3 heterocycles. The lowest BCUT2D eigenvalue weighted by Gasteiger charge is -2.20. The minimum absolute atomic E-state index is 0.209. The number of hydrogen-bond acceptors (Lipinski definition) is 5. The third-order valence-corrected chi connectivity index (χ3v) is 7.14. The molecule has 2 N–H and O–H groups in total. The molecule has 2 aromatic carbocycles. The Morgan fingerprint density at radius 1 is 1.13 bits per heavy atom. The van der Waals surface area contributed by atoms with E-state index < -0.39 is 0 Å². The van der Waals surface area contributed by atoms with Crippen LogP contribution in [0.5, 0.6) is 0 Å². The van der Waals surface area contributed by atoms with Crippen molar-refractivity contribution < 1.29 is 5.11 Å². The first-order valence-electron chi connectivity index (χ1n) is 10.8. The fraction of sp³-hybridized carbons (Fsp3) is 0.269. The van der Waals surface area contributed by atoms with Crippen LogP contribution in [0.3, 0.4) is 0 Å². The van der Waals surface area contributed by atoms with Crippen molar-refractivity contribution in [2.45, 2.75) is 39.0 Å². The molecule has 4 aromatic rings. The molecule has 1 aliphatic rings. The first-order chi connectivity index (χ1) is 15.1. The summed E-state index contributed by atoms with van der Waals surface area (Å²) in [4.78, 5) is 7.12. The standard InChI is InChI=1S/C26H27N3OS/c1-17-11-21(30)15-29(17)14-19-12-25-26(27-13-19)24(16-31-25)28-23-10-6-9-22(18(23)2)20-7-4-3-5-8-20/h3-10,12-13,16-17,21,28,30H,11,14-15H2,1-2H3/t17-,21+/m1/s1. The van der Waals surface area contributed by atoms with Gasteiger partial charge in [0.25, 0.3) is 0 Å². The zero-order valence-corrected chi connectivity index (χ0v) is 18.7. The van der Waals surface area contributed by atoms with E-state index in [2.05, 4.69) is 78.0 Å². The fourth-order valence-corrected chi connectivity index (χ4v) is 5.41. The van der Waals surface area contributed by atoms with E-state index in [0.717, 1.165) is 36.4 Å². The number of benzene rings is 2. The van der Waals surface area contributed by atoms with Crippen LogP contribution in [0.15, 0.2) is 66.2 Å². The number of thiophene rings is 1. The summed E-state index contributed by atoms with van der Waals surface area (Å²) < 4.78 is 1.18. The number of pyridine rings is 1. The second-order valence-electron chi connectivity index (χ2n) is 8.48. The van der Waals surface area contributed by atoms with Gasteiger partial charge in [-0.3, -0.25) is 9.88 Å². The van der Waals surface area contributed by atoms with Gasteiger partial charge >= 0.3 is 0 Å². The van der Waals surface area contributed by atoms with Gasteiger partial charge in [-0.1, -0.05) is 42.5 Å². The molecule has 5 rings (SSSR count). The Balaban J connectivity index is 1.39. The lowest BCUT2D eigenvalue weighted by atomic mass is 9.99. The van der Waals surface area contributed by atoms with E-state index in [9.17, 15) is 5.11 Å². The zero-order valence-electron chi connectivity index (χ0n) is 17.9. The van der Waals surface area contributed by atoms with Crippen molar-refractivity contribution >= 4 is 32.9 Å². The van der Waals surface area contributed by atoms with Crippen LogP contribution >= 0.6 is 11.3 Å². The summed E-state index contributed by atoms with van der Waals surface area (Å²) in [5, 5.41) is 15.7. The molecule has 5 heteroatoms. The minimum atomic E-state index is -0.209. The Hall–Kier alpha value is -2.73. The van der Waals surface area contributed by atoms with E-state index in [1.54, 1.807) is 11.3 Å². The van der Waals surface area contributed by atoms with Gasteiger partial charge in [0.1, 0.15) is 5.52 Å². The van der Waals surface area contributed by atoms with Crippen molar-refractivity contribution in [3.8, 4) is 11.1 Å². The van der Waals surface area contributed by atoms with Gasteiger partial charge in [-0.25, -0.2) is 0 Å². The van der Waals surface area contributed by atoms with Crippen LogP contribution in [0, 0.1) is 6.92 Å². The van der Waals surface area contributed by atoms with Crippen LogP contribution in [0.4, 0.5) is 11.4 Å². The van der Waals surface area contributed by atoms with Gasteiger partial charge in [-0.2, -0.15) is 0 Å². The van der Waals surface area contributed by atoms with E-state index in [1.807, 2.05) is 12.3 Å². The summed E-state index contributed by atoms with van der Waals surface area (Å²) in [6.07, 6.45) is 2.62. The number of aliphatic hydroxyl groups is 1. The van der Waals surface area contributed by atoms with Gasteiger partial charge in [0.2, 0.25) is 0 Å². The highest BCUT2D eigenvalue weighted by atomic mass is 32.1. The third kappa shape index (κ3) is 4.09. The quantitative estimate of drug-likeness (QED) is 0.410. The summed E-state index contributed by atoms with van der Waals surface area (Å²) in [6.45, 7) is 5.92. The highest BCUT2D eigenvalue weighted by Gasteiger charge is 2.27. The average Bonchev–Trinajstić information content (AvgIpc) is 3.31. The topological polar surface area (TPSA) is 48.4 Å². The molecule has 0 aliphatic carbocycles. The Morgan fingerprint density at radius 2 is 1.97 bits per heavy atom. The molecule has 2 aromatic heterocycles. The normalized spacial score (nSPS) is 19.2. The van der Waals surface area contributed by atoms with Crippen molar-refractivity contribution in [2.75, 3.05) is 11.9 Å². The highest BCUT2D eigenvalue weighted by Crippen LogP contribution is 2.35. The molecule has 158 valence electrons. The number of rotatable bonds is 5. The summed E-state index contributed by atoms with van der Waals surface area (Å²) in [5.74, 6) is 0. The van der Waals surface area contributed by atoms with Gasteiger partial charge in [0.15, 0.2) is 0 Å². The minimum Gasteiger partial charge on any atom is -0.392 e. The van der Waals surface area contributed by atoms with Crippen LogP contribution in [-0.4, -0.2) is 33.7 Å². The molecule has 0 unspecified atom stereocenters. The molecular weight excluding hydrogens is 402 g/mol. The number of nitrogens with zero attached hydrogens (tertiary/aromatic N) is 2. The molecule has 31 heavy (non-hydrogen) atoms. The molecule has 0 spiro atoms. The summed E-state index contributed by atoms with van der Waals surface area (Å²) in [5.41, 5.74) is 8.05. The third-order valence-electron chi connectivity index (χ3n) is 6.22. The van der Waals surface area contributed by atoms with Crippen molar-refractivity contribution in [3.63, 3.8) is 0 Å². The average molecular weight is 430 g/mol. The van der Waals surface area contributed by atoms with Crippen molar-refractivity contribution in [1.82, 2.24) is 9.88 Å². The SMILES string of the molecule is Cc1c(Nc2csc3cc(CN4C[C@@H](O)C[C@H]4C)cnc23)cccc1-c1ccccc1. The molecule has 2 atom stereocenters. The zero-order chi connectivity index (χ0) is 21.4. The summed E-state index contributed by atoms with van der Waals surface area (Å²) in [6, 6.07) is 19.5. The molecule has 4 nitrogen and oxygen atoms in total. The van der Waals surface area contributed by atoms with Crippen molar-refractivity contribution in [3.05, 3.63) is 77.3 Å². The Morgan fingerprint density at radius 3 is 2.74 bits per heavy atom. The van der Waals surface area contributed by atoms with E-state index in [-0.39, 0.29) is 6.10 Å². The second kappa shape index (κ2) is 8.42. The number of aliphatic hydroxyl groups excluding tert-OH is 1. The van der Waals surface area contributed by atoms with Crippen LogP contribution in [0.25, 0.3) is 21.3 Å². The summed E-state index contributed by atoms with van der Waals surface area (Å²) >= 11 is 1.72. The van der Waals surface area contributed by atoms with Crippen molar-refractivity contribution in [1.29, 1.82) is 0 Å². The van der Waals surface area contributed by atoms with E-state index in [0.29, 0.717) is 6.04 Å². The number of β-amino-alcohol motifs (C(OH)–C–C–N with tert-alkyl or cyclic N) is 1. The lowest BCUT2D eigenvalue weighted by molar-refractivity contribution is 0.173. The largest absolute Gasteiger partial charge is 0.392 e. The monoisotopic (exact) mass is 429 g/mol. The first-order valence-corrected chi connectivity index (χ1v) is 11.7. The molecule has 0 amide bonds. The highest BCUT2D eigenvalue weighted by molar-refractivity contribution is 7.17. The van der Waals surface area contributed by atoms with Crippen LogP contribution < -0.4 is 5.32 Å². The van der Waals surface area contributed by atoms with Crippen LogP contribution in [-0.2, 0) is 6.54 Å². The summed E-state index contributed by atoms with van der Waals surface area (Å²) in [7, 11) is 0. The molecule has 0 bridgehead atoms. The van der Waals surface area contributed by atoms with Crippen LogP contribution in [0.1, 0.15) is 24.5 Å². The second-order valence-corrected chi connectivity index (χ2v) is 9.39. The smallest absolute Gasteiger partial charge is 0.104 e. The predicted octanol–water partition coefficient (Wildman–Crippen LogP) is 5.97. The fourth-order valence-electron chi connectivity index (χ4n) is 4.50. The predicted molar refractivity (Wildman–Crippen MR) is 130 cm³/mol. The number of anilines is 2. The van der Waals surface area contributed by atoms with Gasteiger partial charge in [-0.15, -0.1) is 11.3 Å². The number of fused-ring (bicyclic) bond motifs is 1. The van der Waals surface area contributed by atoms with Crippen LogP contribution in [0.2, 0.25) is 0 Å². The van der Waals surface area contributed by atoms with E-state index in [4.69, 9.17) is 4.98 Å². The lowest BCUT2D eigenvalue weighted by Crippen LogP contribution is -2.27. The molecule has 1 saturated heterocycles.